The molecule has 1 atom stereocenters. The summed E-state index contributed by atoms with van der Waals surface area (Å²) in [6, 6.07) is 15.4. The van der Waals surface area contributed by atoms with Crippen LogP contribution in [0.1, 0.15) is 32.4 Å². The fourth-order valence-corrected chi connectivity index (χ4v) is 5.05. The lowest BCUT2D eigenvalue weighted by Gasteiger charge is -2.37. The Hall–Kier alpha value is -3.45. The van der Waals surface area contributed by atoms with E-state index in [-0.39, 0.29) is 30.6 Å². The summed E-state index contributed by atoms with van der Waals surface area (Å²) in [4.78, 5) is 30.8. The number of aryl methyl sites for hydroxylation is 1. The third-order valence-corrected chi connectivity index (χ3v) is 6.91. The molecule has 0 aliphatic carbocycles. The van der Waals surface area contributed by atoms with E-state index >= 15 is 0 Å². The van der Waals surface area contributed by atoms with E-state index < -0.39 is 11.7 Å². The number of carbonyl (C=O) groups excluding carboxylic acids is 2. The average Bonchev–Trinajstić information content (AvgIpc) is 3.32. The molecule has 0 N–H and O–H groups in total. The maximum Gasteiger partial charge on any atom is 0.257 e. The van der Waals surface area contributed by atoms with Crippen molar-refractivity contribution in [2.24, 2.45) is 0 Å². The third-order valence-electron chi connectivity index (χ3n) is 5.91. The number of halogens is 1. The molecule has 0 radical (unpaired) electrons. The molecule has 3 aromatic rings. The van der Waals surface area contributed by atoms with Gasteiger partial charge in [0.15, 0.2) is 0 Å². The van der Waals surface area contributed by atoms with E-state index in [2.05, 4.69) is 6.58 Å². The van der Waals surface area contributed by atoms with E-state index in [9.17, 15) is 14.0 Å². The maximum atomic E-state index is 14.2. The molecule has 7 heteroatoms. The summed E-state index contributed by atoms with van der Waals surface area (Å²) in [5, 5.41) is 2.03. The summed E-state index contributed by atoms with van der Waals surface area (Å²) in [5.74, 6) is -0.615. The number of ether oxygens (including phenoxy) is 1. The minimum absolute atomic E-state index is 0.0600. The Bertz CT molecular complexity index is 1170. The van der Waals surface area contributed by atoms with E-state index in [0.717, 1.165) is 23.3 Å². The first-order valence-corrected chi connectivity index (χ1v) is 12.1. The van der Waals surface area contributed by atoms with Crippen molar-refractivity contribution in [3.63, 3.8) is 0 Å². The molecule has 1 aromatic heterocycles. The molecule has 0 unspecified atom stereocenters. The Kier molecular flexibility index (Phi) is 7.43. The molecule has 5 nitrogen and oxygen atoms in total. The van der Waals surface area contributed by atoms with Gasteiger partial charge in [0.2, 0.25) is 5.91 Å². The summed E-state index contributed by atoms with van der Waals surface area (Å²) in [6.45, 7) is 6.52. The van der Waals surface area contributed by atoms with Crippen LogP contribution in [0.15, 0.2) is 72.6 Å². The number of amides is 2. The van der Waals surface area contributed by atoms with Crippen LogP contribution in [0.3, 0.4) is 0 Å². The molecule has 0 saturated heterocycles. The fourth-order valence-electron chi connectivity index (χ4n) is 4.12. The van der Waals surface area contributed by atoms with Crippen LogP contribution < -0.4 is 4.74 Å². The lowest BCUT2D eigenvalue weighted by Crippen LogP contribution is -2.48. The van der Waals surface area contributed by atoms with Gasteiger partial charge < -0.3 is 14.5 Å². The van der Waals surface area contributed by atoms with Crippen LogP contribution in [0, 0.1) is 12.7 Å². The number of hydrogen-bond donors (Lipinski definition) is 0. The van der Waals surface area contributed by atoms with Gasteiger partial charge in [0.1, 0.15) is 24.7 Å². The second-order valence-electron chi connectivity index (χ2n) is 8.23. The highest BCUT2D eigenvalue weighted by Crippen LogP contribution is 2.34. The standard InChI is InChI=1S/C27H27FN2O3S/c1-3-14-29(27(32)21-6-4-5-7-23(21)28)17-26(31)30-15-12-25-22(13-16-34-25)24(30)18-33-20-10-8-19(2)9-11-20/h3-11,13,16,24H,1,12,14-15,17-18H2,2H3/t24-/m0/s1. The van der Waals surface area contributed by atoms with Crippen molar-refractivity contribution in [2.45, 2.75) is 19.4 Å². The van der Waals surface area contributed by atoms with Crippen LogP contribution >= 0.6 is 11.3 Å². The van der Waals surface area contributed by atoms with Crippen LogP contribution in [-0.2, 0) is 11.2 Å². The predicted octanol–water partition coefficient (Wildman–Crippen LogP) is 5.03. The SMILES string of the molecule is C=CCN(CC(=O)N1CCc2sccc2[C@@H]1COc1ccc(C)cc1)C(=O)c1ccccc1F. The zero-order chi connectivity index (χ0) is 24.1. The largest absolute Gasteiger partial charge is 0.491 e. The molecule has 2 aromatic carbocycles. The quantitative estimate of drug-likeness (QED) is 0.427. The summed E-state index contributed by atoms with van der Waals surface area (Å²) in [5.41, 5.74) is 2.16. The van der Waals surface area contributed by atoms with Gasteiger partial charge in [-0.1, -0.05) is 35.9 Å². The average molecular weight is 479 g/mol. The molecule has 4 rings (SSSR count). The van der Waals surface area contributed by atoms with Gasteiger partial charge in [-0.15, -0.1) is 17.9 Å². The summed E-state index contributed by atoms with van der Waals surface area (Å²) < 4.78 is 20.3. The zero-order valence-corrected chi connectivity index (χ0v) is 19.9. The Morgan fingerprint density at radius 3 is 2.71 bits per heavy atom. The molecular formula is C27H27FN2O3S. The van der Waals surface area contributed by atoms with Gasteiger partial charge in [0, 0.05) is 18.0 Å². The monoisotopic (exact) mass is 478 g/mol. The number of fused-ring (bicyclic) bond motifs is 1. The molecular weight excluding hydrogens is 451 g/mol. The molecule has 0 fully saturated rings. The van der Waals surface area contributed by atoms with Crippen molar-refractivity contribution in [3.8, 4) is 5.75 Å². The molecule has 2 heterocycles. The number of rotatable bonds is 8. The smallest absolute Gasteiger partial charge is 0.257 e. The van der Waals surface area contributed by atoms with E-state index in [1.165, 1.54) is 34.1 Å². The maximum absolute atomic E-state index is 14.2. The topological polar surface area (TPSA) is 49.9 Å². The van der Waals surface area contributed by atoms with Crippen LogP contribution in [-0.4, -0.2) is 47.9 Å². The third kappa shape index (κ3) is 5.20. The second kappa shape index (κ2) is 10.7. The lowest BCUT2D eigenvalue weighted by atomic mass is 10.0. The van der Waals surface area contributed by atoms with Gasteiger partial charge in [0.05, 0.1) is 11.6 Å². The van der Waals surface area contributed by atoms with Crippen LogP contribution in [0.2, 0.25) is 0 Å². The van der Waals surface area contributed by atoms with Crippen molar-refractivity contribution in [1.29, 1.82) is 0 Å². The van der Waals surface area contributed by atoms with Crippen LogP contribution in [0.4, 0.5) is 4.39 Å². The van der Waals surface area contributed by atoms with E-state index in [0.29, 0.717) is 13.2 Å². The zero-order valence-electron chi connectivity index (χ0n) is 19.1. The summed E-state index contributed by atoms with van der Waals surface area (Å²) in [6.07, 6.45) is 2.29. The first-order valence-electron chi connectivity index (χ1n) is 11.2. The fraction of sp³-hybridized carbons (Fsp3) is 0.259. The molecule has 0 spiro atoms. The molecule has 1 aliphatic heterocycles. The molecule has 0 saturated carbocycles. The highest BCUT2D eigenvalue weighted by Gasteiger charge is 2.33. The van der Waals surface area contributed by atoms with Crippen molar-refractivity contribution in [3.05, 3.63) is 100 Å². The number of carbonyl (C=O) groups is 2. The Morgan fingerprint density at radius 1 is 1.21 bits per heavy atom. The van der Waals surface area contributed by atoms with Crippen LogP contribution in [0.5, 0.6) is 5.75 Å². The van der Waals surface area contributed by atoms with Gasteiger partial charge >= 0.3 is 0 Å². The Morgan fingerprint density at radius 2 is 1.97 bits per heavy atom. The summed E-state index contributed by atoms with van der Waals surface area (Å²) in [7, 11) is 0. The molecule has 1 aliphatic rings. The second-order valence-corrected chi connectivity index (χ2v) is 9.23. The van der Waals surface area contributed by atoms with Gasteiger partial charge in [-0.25, -0.2) is 4.39 Å². The van der Waals surface area contributed by atoms with Gasteiger partial charge in [0.25, 0.3) is 5.91 Å². The molecule has 0 bridgehead atoms. The van der Waals surface area contributed by atoms with Crippen molar-refractivity contribution >= 4 is 23.2 Å². The number of thiophene rings is 1. The van der Waals surface area contributed by atoms with Crippen molar-refractivity contribution < 1.29 is 18.7 Å². The van der Waals surface area contributed by atoms with E-state index in [1.807, 2.05) is 42.6 Å². The predicted molar refractivity (Wildman–Crippen MR) is 132 cm³/mol. The minimum atomic E-state index is -0.612. The van der Waals surface area contributed by atoms with E-state index in [1.54, 1.807) is 22.3 Å². The van der Waals surface area contributed by atoms with Crippen molar-refractivity contribution in [1.82, 2.24) is 9.80 Å². The van der Waals surface area contributed by atoms with Gasteiger partial charge in [-0.2, -0.15) is 0 Å². The number of nitrogens with zero attached hydrogens (tertiary/aromatic N) is 2. The number of benzene rings is 2. The number of hydrogen-bond acceptors (Lipinski definition) is 4. The summed E-state index contributed by atoms with van der Waals surface area (Å²) >= 11 is 1.68. The Labute approximate surface area is 203 Å². The molecule has 176 valence electrons. The minimum Gasteiger partial charge on any atom is -0.491 e. The first-order chi connectivity index (χ1) is 16.5. The molecule has 2 amide bonds. The van der Waals surface area contributed by atoms with Crippen LogP contribution in [0.25, 0.3) is 0 Å². The van der Waals surface area contributed by atoms with Gasteiger partial charge in [-0.05, 0) is 54.6 Å². The van der Waals surface area contributed by atoms with Gasteiger partial charge in [-0.3, -0.25) is 9.59 Å². The normalized spacial score (nSPS) is 14.9. The molecule has 34 heavy (non-hydrogen) atoms. The Balaban J connectivity index is 1.53. The first kappa shape index (κ1) is 23.7. The lowest BCUT2D eigenvalue weighted by molar-refractivity contribution is -0.135. The highest BCUT2D eigenvalue weighted by atomic mass is 32.1. The highest BCUT2D eigenvalue weighted by molar-refractivity contribution is 7.10. The van der Waals surface area contributed by atoms with Crippen molar-refractivity contribution in [2.75, 3.05) is 26.2 Å². The van der Waals surface area contributed by atoms with E-state index in [4.69, 9.17) is 4.74 Å².